The second kappa shape index (κ2) is 14.0. The van der Waals surface area contributed by atoms with Crippen molar-refractivity contribution < 1.29 is 0 Å². The normalized spacial score (nSPS) is 14.7. The molecule has 0 spiro atoms. The van der Waals surface area contributed by atoms with Gasteiger partial charge in [-0.3, -0.25) is 0 Å². The van der Waals surface area contributed by atoms with Gasteiger partial charge in [0.25, 0.3) is 0 Å². The van der Waals surface area contributed by atoms with E-state index in [1.807, 2.05) is 12.1 Å². The molecule has 6 aromatic carbocycles. The summed E-state index contributed by atoms with van der Waals surface area (Å²) in [6.07, 6.45) is 16.2. The van der Waals surface area contributed by atoms with Crippen LogP contribution in [0.4, 0.5) is 11.4 Å². The number of allylic oxidation sites excluding steroid dienone is 7. The molecule has 1 aliphatic carbocycles. The van der Waals surface area contributed by atoms with E-state index in [2.05, 4.69) is 204 Å². The Morgan fingerprint density at radius 2 is 1.14 bits per heavy atom. The van der Waals surface area contributed by atoms with Crippen LogP contribution in [0.5, 0.6) is 0 Å². The van der Waals surface area contributed by atoms with Crippen molar-refractivity contribution in [2.45, 2.75) is 12.5 Å². The molecular weight excluding hydrogens is 605 g/mol. The van der Waals surface area contributed by atoms with Gasteiger partial charge in [0, 0.05) is 38.9 Å². The van der Waals surface area contributed by atoms with Crippen molar-refractivity contribution >= 4 is 44.8 Å². The molecule has 1 aliphatic rings. The second-order valence-corrected chi connectivity index (χ2v) is 12.6. The lowest BCUT2D eigenvalue weighted by Crippen LogP contribution is -2.15. The zero-order valence-corrected chi connectivity index (χ0v) is 27.9. The Bertz CT molecular complexity index is 2330. The van der Waals surface area contributed by atoms with Crippen LogP contribution in [0.3, 0.4) is 0 Å². The Morgan fingerprint density at radius 3 is 1.72 bits per heavy atom. The summed E-state index contributed by atoms with van der Waals surface area (Å²) in [6, 6.07) is 56.3. The molecule has 0 radical (unpaired) electrons. The third-order valence-corrected chi connectivity index (χ3v) is 9.54. The van der Waals surface area contributed by atoms with Crippen LogP contribution in [0.2, 0.25) is 0 Å². The summed E-state index contributed by atoms with van der Waals surface area (Å²) in [7, 11) is 0. The molecule has 1 heterocycles. The molecule has 0 aliphatic heterocycles. The van der Waals surface area contributed by atoms with Crippen LogP contribution in [-0.4, -0.2) is 4.57 Å². The second-order valence-electron chi connectivity index (χ2n) is 12.6. The molecule has 50 heavy (non-hydrogen) atoms. The molecule has 1 unspecified atom stereocenters. The summed E-state index contributed by atoms with van der Waals surface area (Å²) in [6.45, 7) is 4.22. The van der Waals surface area contributed by atoms with E-state index in [0.717, 1.165) is 29.1 Å². The van der Waals surface area contributed by atoms with Gasteiger partial charge >= 0.3 is 0 Å². The third kappa shape index (κ3) is 6.16. The summed E-state index contributed by atoms with van der Waals surface area (Å²) in [5.41, 5.74) is 11.7. The average molecular weight is 643 g/mol. The van der Waals surface area contributed by atoms with Crippen LogP contribution < -0.4 is 4.90 Å². The van der Waals surface area contributed by atoms with Gasteiger partial charge in [-0.05, 0) is 82.8 Å². The average Bonchev–Trinajstić information content (AvgIpc) is 3.53. The summed E-state index contributed by atoms with van der Waals surface area (Å²) in [5, 5.41) is 2.62. The number of rotatable bonds is 9. The number of anilines is 2. The van der Waals surface area contributed by atoms with E-state index in [9.17, 15) is 0 Å². The lowest BCUT2D eigenvalue weighted by molar-refractivity contribution is 0.649. The van der Waals surface area contributed by atoms with Crippen molar-refractivity contribution in [2.75, 3.05) is 4.90 Å². The first-order chi connectivity index (χ1) is 24.8. The standard InChI is InChI=1S/C48H38N2/c1-2-41(19-13-16-36-14-5-3-6-15-36)49(42-30-24-38(25-31-42)37-17-7-4-8-18-37)43-32-26-39(27-33-43)40-28-34-44(35-29-40)50-47-22-11-9-20-45(47)46-21-10-12-23-48(46)50/h2-34,44H,1,35H2/b16-13+,41-19+. The number of nitrogens with zero attached hydrogens (tertiary/aromatic N) is 2. The summed E-state index contributed by atoms with van der Waals surface area (Å²) in [4.78, 5) is 2.27. The van der Waals surface area contributed by atoms with Crippen LogP contribution in [0, 0.1) is 0 Å². The Hall–Kier alpha value is -6.38. The minimum Gasteiger partial charge on any atom is -0.333 e. The topological polar surface area (TPSA) is 8.17 Å². The van der Waals surface area contributed by atoms with E-state index in [1.165, 1.54) is 44.1 Å². The van der Waals surface area contributed by atoms with Crippen LogP contribution in [0.15, 0.2) is 206 Å². The number of para-hydroxylation sites is 2. The predicted molar refractivity (Wildman–Crippen MR) is 214 cm³/mol. The molecule has 8 rings (SSSR count). The summed E-state index contributed by atoms with van der Waals surface area (Å²) >= 11 is 0. The Morgan fingerprint density at radius 1 is 0.600 bits per heavy atom. The van der Waals surface area contributed by atoms with Crippen molar-refractivity contribution in [3.63, 3.8) is 0 Å². The molecule has 0 saturated carbocycles. The maximum absolute atomic E-state index is 4.22. The quantitative estimate of drug-likeness (QED) is 0.142. The summed E-state index contributed by atoms with van der Waals surface area (Å²) in [5.74, 6) is 0. The zero-order chi connectivity index (χ0) is 33.7. The van der Waals surface area contributed by atoms with E-state index >= 15 is 0 Å². The van der Waals surface area contributed by atoms with Crippen molar-refractivity contribution in [1.29, 1.82) is 0 Å². The first-order valence-corrected chi connectivity index (χ1v) is 17.2. The number of aromatic nitrogens is 1. The van der Waals surface area contributed by atoms with Crippen molar-refractivity contribution in [2.24, 2.45) is 0 Å². The Kier molecular flexibility index (Phi) is 8.66. The monoisotopic (exact) mass is 642 g/mol. The number of hydrogen-bond acceptors (Lipinski definition) is 1. The van der Waals surface area contributed by atoms with Gasteiger partial charge in [-0.1, -0.05) is 158 Å². The highest BCUT2D eigenvalue weighted by Gasteiger charge is 2.19. The molecule has 0 fully saturated rings. The minimum absolute atomic E-state index is 0.265. The van der Waals surface area contributed by atoms with Gasteiger partial charge in [0.05, 0.1) is 6.04 Å². The fourth-order valence-corrected chi connectivity index (χ4v) is 7.06. The molecule has 1 atom stereocenters. The molecule has 240 valence electrons. The number of fused-ring (bicyclic) bond motifs is 3. The largest absolute Gasteiger partial charge is 0.333 e. The molecule has 2 nitrogen and oxygen atoms in total. The molecule has 1 aromatic heterocycles. The lowest BCUT2D eigenvalue weighted by atomic mass is 9.96. The summed E-state index contributed by atoms with van der Waals surface area (Å²) < 4.78 is 2.49. The smallest absolute Gasteiger partial charge is 0.0560 e. The zero-order valence-electron chi connectivity index (χ0n) is 27.9. The van der Waals surface area contributed by atoms with E-state index < -0.39 is 0 Å². The van der Waals surface area contributed by atoms with Gasteiger partial charge in [0.1, 0.15) is 0 Å². The van der Waals surface area contributed by atoms with Gasteiger partial charge < -0.3 is 9.47 Å². The highest BCUT2D eigenvalue weighted by molar-refractivity contribution is 6.08. The van der Waals surface area contributed by atoms with Gasteiger partial charge in [0.2, 0.25) is 0 Å². The van der Waals surface area contributed by atoms with Gasteiger partial charge in [-0.25, -0.2) is 0 Å². The predicted octanol–water partition coefficient (Wildman–Crippen LogP) is 13.0. The van der Waals surface area contributed by atoms with Gasteiger partial charge in [-0.2, -0.15) is 0 Å². The van der Waals surface area contributed by atoms with Crippen molar-refractivity contribution in [3.05, 3.63) is 218 Å². The Balaban J connectivity index is 1.09. The highest BCUT2D eigenvalue weighted by Crippen LogP contribution is 2.37. The highest BCUT2D eigenvalue weighted by atomic mass is 15.1. The van der Waals surface area contributed by atoms with Crippen molar-refractivity contribution in [1.82, 2.24) is 4.57 Å². The maximum atomic E-state index is 4.22. The Labute approximate surface area is 294 Å². The molecule has 0 amide bonds. The first-order valence-electron chi connectivity index (χ1n) is 17.2. The van der Waals surface area contributed by atoms with Crippen LogP contribution in [0.1, 0.15) is 23.6 Å². The lowest BCUT2D eigenvalue weighted by Gasteiger charge is -2.27. The fraction of sp³-hybridized carbons (Fsp3) is 0.0417. The molecule has 2 heteroatoms. The maximum Gasteiger partial charge on any atom is 0.0560 e. The van der Waals surface area contributed by atoms with Gasteiger partial charge in [-0.15, -0.1) is 0 Å². The van der Waals surface area contributed by atoms with Crippen LogP contribution in [-0.2, 0) is 0 Å². The first kappa shape index (κ1) is 30.9. The van der Waals surface area contributed by atoms with Crippen LogP contribution >= 0.6 is 0 Å². The molecule has 0 saturated heterocycles. The number of benzene rings is 6. The third-order valence-electron chi connectivity index (χ3n) is 9.54. The van der Waals surface area contributed by atoms with E-state index in [0.29, 0.717) is 0 Å². The minimum atomic E-state index is 0.265. The van der Waals surface area contributed by atoms with Crippen molar-refractivity contribution in [3.8, 4) is 11.1 Å². The van der Waals surface area contributed by atoms with Gasteiger partial charge in [0.15, 0.2) is 0 Å². The van der Waals surface area contributed by atoms with E-state index in [-0.39, 0.29) is 6.04 Å². The molecular formula is C48H38N2. The molecule has 0 bridgehead atoms. The number of hydrogen-bond donors (Lipinski definition) is 0. The fourth-order valence-electron chi connectivity index (χ4n) is 7.06. The SMILES string of the molecule is C=C/C(=C\C=C\c1ccccc1)N(c1ccc(C2=CCC(n3c4ccccc4c4ccccc43)C=C2)cc1)c1ccc(-c2ccccc2)cc1. The van der Waals surface area contributed by atoms with E-state index in [4.69, 9.17) is 0 Å². The van der Waals surface area contributed by atoms with E-state index in [1.54, 1.807) is 0 Å². The molecule has 0 N–H and O–H groups in total. The van der Waals surface area contributed by atoms with Crippen LogP contribution in [0.25, 0.3) is 44.6 Å². The molecule has 7 aromatic rings.